The molecular weight excluding hydrogens is 340 g/mol. The molecule has 4 heteroatoms. The van der Waals surface area contributed by atoms with Crippen LogP contribution < -0.4 is 4.90 Å². The molecule has 0 N–H and O–H groups in total. The molecule has 1 fully saturated rings. The lowest BCUT2D eigenvalue weighted by Crippen LogP contribution is -2.46. The number of anilines is 1. The summed E-state index contributed by atoms with van der Waals surface area (Å²) < 4.78 is 1.18. The van der Waals surface area contributed by atoms with Gasteiger partial charge in [-0.15, -0.1) is 0 Å². The first-order valence-corrected chi connectivity index (χ1v) is 8.31. The minimum Gasteiger partial charge on any atom is -0.369 e. The first-order chi connectivity index (χ1) is 10.8. The Bertz CT molecular complexity index is 634. The van der Waals surface area contributed by atoms with Crippen molar-refractivity contribution < 1.29 is 4.79 Å². The molecule has 0 saturated carbocycles. The number of hydrogen-bond acceptors (Lipinski definition) is 3. The summed E-state index contributed by atoms with van der Waals surface area (Å²) in [7, 11) is 0. The molecule has 3 nitrogen and oxygen atoms in total. The minimum atomic E-state index is 0.733. The Hall–Kier alpha value is -1.65. The Morgan fingerprint density at radius 3 is 2.27 bits per heavy atom. The second-order valence-electron chi connectivity index (χ2n) is 5.56. The van der Waals surface area contributed by atoms with Crippen molar-refractivity contribution in [3.63, 3.8) is 0 Å². The van der Waals surface area contributed by atoms with Crippen LogP contribution in [0.15, 0.2) is 53.0 Å². The molecule has 2 aromatic carbocycles. The number of piperazine rings is 1. The summed E-state index contributed by atoms with van der Waals surface area (Å²) >= 11 is 3.62. The molecular formula is C18H19BrN2O. The zero-order valence-corrected chi connectivity index (χ0v) is 14.0. The molecule has 0 amide bonds. The number of hydrogen-bond donors (Lipinski definition) is 0. The van der Waals surface area contributed by atoms with Crippen molar-refractivity contribution in [1.29, 1.82) is 0 Å². The second-order valence-corrected chi connectivity index (χ2v) is 6.42. The maximum Gasteiger partial charge on any atom is 0.150 e. The van der Waals surface area contributed by atoms with Gasteiger partial charge in [0.1, 0.15) is 6.29 Å². The van der Waals surface area contributed by atoms with Gasteiger partial charge in [0.2, 0.25) is 0 Å². The Morgan fingerprint density at radius 2 is 1.64 bits per heavy atom. The van der Waals surface area contributed by atoms with E-state index < -0.39 is 0 Å². The van der Waals surface area contributed by atoms with E-state index in [4.69, 9.17) is 0 Å². The van der Waals surface area contributed by atoms with Gasteiger partial charge < -0.3 is 4.90 Å². The molecule has 0 aliphatic carbocycles. The van der Waals surface area contributed by atoms with E-state index in [0.717, 1.165) is 44.6 Å². The molecule has 3 rings (SSSR count). The molecule has 0 atom stereocenters. The first kappa shape index (κ1) is 15.3. The van der Waals surface area contributed by atoms with Crippen LogP contribution in [0, 0.1) is 0 Å². The Labute approximate surface area is 139 Å². The highest BCUT2D eigenvalue weighted by Gasteiger charge is 2.17. The van der Waals surface area contributed by atoms with E-state index in [1.807, 2.05) is 24.3 Å². The van der Waals surface area contributed by atoms with Crippen LogP contribution in [0.2, 0.25) is 0 Å². The van der Waals surface area contributed by atoms with Gasteiger partial charge in [0.15, 0.2) is 0 Å². The van der Waals surface area contributed by atoms with E-state index in [-0.39, 0.29) is 0 Å². The molecule has 2 aromatic rings. The molecule has 114 valence electrons. The molecule has 1 saturated heterocycles. The molecule has 1 aliphatic heterocycles. The van der Waals surface area contributed by atoms with E-state index >= 15 is 0 Å². The third-order valence-electron chi connectivity index (χ3n) is 4.12. The van der Waals surface area contributed by atoms with Crippen molar-refractivity contribution in [1.82, 2.24) is 4.90 Å². The van der Waals surface area contributed by atoms with Gasteiger partial charge >= 0.3 is 0 Å². The fraction of sp³-hybridized carbons (Fsp3) is 0.278. The van der Waals surface area contributed by atoms with E-state index in [9.17, 15) is 4.79 Å². The van der Waals surface area contributed by atoms with Gasteiger partial charge in [0, 0.05) is 48.4 Å². The summed E-state index contributed by atoms with van der Waals surface area (Å²) in [6.45, 7) is 5.13. The third kappa shape index (κ3) is 3.57. The van der Waals surface area contributed by atoms with Gasteiger partial charge in [0.05, 0.1) is 0 Å². The highest BCUT2D eigenvalue weighted by atomic mass is 79.9. The number of halogens is 1. The van der Waals surface area contributed by atoms with Crippen LogP contribution in [-0.2, 0) is 6.54 Å². The fourth-order valence-corrected chi connectivity index (χ4v) is 3.21. The molecule has 0 radical (unpaired) electrons. The van der Waals surface area contributed by atoms with Crippen LogP contribution in [-0.4, -0.2) is 37.4 Å². The molecule has 0 bridgehead atoms. The lowest BCUT2D eigenvalue weighted by molar-refractivity contribution is 0.112. The number of carbonyl (C=O) groups is 1. The smallest absolute Gasteiger partial charge is 0.150 e. The SMILES string of the molecule is O=Cc1ccc(N2CCN(Cc3ccccc3Br)CC2)cc1. The third-order valence-corrected chi connectivity index (χ3v) is 4.89. The predicted molar refractivity (Wildman–Crippen MR) is 93.5 cm³/mol. The average Bonchev–Trinajstić information content (AvgIpc) is 2.58. The monoisotopic (exact) mass is 358 g/mol. The molecule has 0 unspecified atom stereocenters. The zero-order chi connectivity index (χ0) is 15.4. The number of carbonyl (C=O) groups excluding carboxylic acids is 1. The molecule has 0 aromatic heterocycles. The normalized spacial score (nSPS) is 15.8. The summed E-state index contributed by atoms with van der Waals surface area (Å²) in [6.07, 6.45) is 0.888. The fourth-order valence-electron chi connectivity index (χ4n) is 2.80. The second kappa shape index (κ2) is 7.07. The predicted octanol–water partition coefficient (Wildman–Crippen LogP) is 3.58. The summed E-state index contributed by atoms with van der Waals surface area (Å²) in [6, 6.07) is 16.3. The van der Waals surface area contributed by atoms with Crippen molar-refractivity contribution >= 4 is 27.9 Å². The quantitative estimate of drug-likeness (QED) is 0.780. The van der Waals surface area contributed by atoms with Crippen LogP contribution in [0.3, 0.4) is 0 Å². The van der Waals surface area contributed by atoms with Crippen molar-refractivity contribution in [2.24, 2.45) is 0 Å². The van der Waals surface area contributed by atoms with Crippen molar-refractivity contribution in [2.45, 2.75) is 6.54 Å². The average molecular weight is 359 g/mol. The lowest BCUT2D eigenvalue weighted by Gasteiger charge is -2.36. The van der Waals surface area contributed by atoms with Gasteiger partial charge in [-0.2, -0.15) is 0 Å². The van der Waals surface area contributed by atoms with E-state index in [1.165, 1.54) is 15.7 Å². The van der Waals surface area contributed by atoms with Crippen molar-refractivity contribution in [3.05, 3.63) is 64.1 Å². The first-order valence-electron chi connectivity index (χ1n) is 7.52. The number of rotatable bonds is 4. The van der Waals surface area contributed by atoms with Crippen LogP contribution in [0.5, 0.6) is 0 Å². The number of nitrogens with zero attached hydrogens (tertiary/aromatic N) is 2. The molecule has 22 heavy (non-hydrogen) atoms. The summed E-state index contributed by atoms with van der Waals surface area (Å²) in [5.41, 5.74) is 3.27. The minimum absolute atomic E-state index is 0.733. The maximum atomic E-state index is 10.7. The Kier molecular flexibility index (Phi) is 4.90. The number of benzene rings is 2. The van der Waals surface area contributed by atoms with Gasteiger partial charge in [-0.05, 0) is 35.9 Å². The standard InChI is InChI=1S/C18H19BrN2O/c19-18-4-2-1-3-16(18)13-20-9-11-21(12-10-20)17-7-5-15(14-22)6-8-17/h1-8,14H,9-13H2. The lowest BCUT2D eigenvalue weighted by atomic mass is 10.1. The summed E-state index contributed by atoms with van der Waals surface area (Å²) in [4.78, 5) is 15.6. The van der Waals surface area contributed by atoms with E-state index in [2.05, 4.69) is 50.0 Å². The summed E-state index contributed by atoms with van der Waals surface area (Å²) in [5.74, 6) is 0. The van der Waals surface area contributed by atoms with Gasteiger partial charge in [-0.3, -0.25) is 9.69 Å². The topological polar surface area (TPSA) is 23.6 Å². The number of aldehydes is 1. The van der Waals surface area contributed by atoms with E-state index in [0.29, 0.717) is 0 Å². The van der Waals surface area contributed by atoms with Crippen LogP contribution >= 0.6 is 15.9 Å². The highest BCUT2D eigenvalue weighted by molar-refractivity contribution is 9.10. The van der Waals surface area contributed by atoms with Crippen LogP contribution in [0.25, 0.3) is 0 Å². The molecule has 1 aliphatic rings. The van der Waals surface area contributed by atoms with Crippen LogP contribution in [0.4, 0.5) is 5.69 Å². The highest BCUT2D eigenvalue weighted by Crippen LogP contribution is 2.21. The van der Waals surface area contributed by atoms with E-state index in [1.54, 1.807) is 0 Å². The molecule has 0 spiro atoms. The largest absolute Gasteiger partial charge is 0.369 e. The van der Waals surface area contributed by atoms with Gasteiger partial charge in [0.25, 0.3) is 0 Å². The van der Waals surface area contributed by atoms with Crippen molar-refractivity contribution in [3.8, 4) is 0 Å². The van der Waals surface area contributed by atoms with Crippen molar-refractivity contribution in [2.75, 3.05) is 31.1 Å². The van der Waals surface area contributed by atoms with Gasteiger partial charge in [-0.1, -0.05) is 34.1 Å². The maximum absolute atomic E-state index is 10.7. The Balaban J connectivity index is 1.58. The Morgan fingerprint density at radius 1 is 0.955 bits per heavy atom. The zero-order valence-electron chi connectivity index (χ0n) is 12.4. The molecule has 1 heterocycles. The van der Waals surface area contributed by atoms with Gasteiger partial charge in [-0.25, -0.2) is 0 Å². The van der Waals surface area contributed by atoms with Crippen LogP contribution in [0.1, 0.15) is 15.9 Å². The summed E-state index contributed by atoms with van der Waals surface area (Å²) in [5, 5.41) is 0.